The molecule has 37 heavy (non-hydrogen) atoms. The molecule has 0 aliphatic rings. The molecular formula is C27H26FN9. The van der Waals surface area contributed by atoms with Crippen molar-refractivity contribution in [2.75, 3.05) is 32.5 Å². The monoisotopic (exact) mass is 495 g/mol. The summed E-state index contributed by atoms with van der Waals surface area (Å²) < 4.78 is 16.3. The number of pyridine rings is 1. The number of aromatic amines is 2. The molecule has 6 aromatic rings. The van der Waals surface area contributed by atoms with Crippen molar-refractivity contribution in [3.8, 4) is 33.9 Å². The first-order valence-corrected chi connectivity index (χ1v) is 12.0. The first-order valence-electron chi connectivity index (χ1n) is 12.0. The van der Waals surface area contributed by atoms with Crippen LogP contribution in [0, 0.1) is 5.82 Å². The number of aryl methyl sites for hydroxylation is 1. The SMILES string of the molecule is CN(C)CCNc1cc(F)cc(-c2cccc3[nH]c(-c4n[nH]c5cnc(-c6cnn(C)c6)cc45)nc23)c1. The van der Waals surface area contributed by atoms with Gasteiger partial charge in [-0.2, -0.15) is 10.2 Å². The molecule has 10 heteroatoms. The minimum atomic E-state index is -0.300. The molecule has 0 bridgehead atoms. The van der Waals surface area contributed by atoms with Crippen LogP contribution in [0.2, 0.25) is 0 Å². The molecule has 0 radical (unpaired) electrons. The molecule has 9 nitrogen and oxygen atoms in total. The Labute approximate surface area is 212 Å². The lowest BCUT2D eigenvalue weighted by molar-refractivity contribution is 0.425. The number of anilines is 1. The molecular weight excluding hydrogens is 469 g/mol. The number of halogens is 1. The lowest BCUT2D eigenvalue weighted by atomic mass is 10.0. The van der Waals surface area contributed by atoms with Gasteiger partial charge in [0, 0.05) is 48.5 Å². The molecule has 0 atom stereocenters. The van der Waals surface area contributed by atoms with E-state index in [0.717, 1.165) is 63.1 Å². The zero-order valence-corrected chi connectivity index (χ0v) is 20.7. The molecule has 0 saturated heterocycles. The molecule has 6 rings (SSSR count). The second-order valence-corrected chi connectivity index (χ2v) is 9.34. The van der Waals surface area contributed by atoms with Gasteiger partial charge in [0.15, 0.2) is 5.82 Å². The fourth-order valence-electron chi connectivity index (χ4n) is 4.46. The normalized spacial score (nSPS) is 11.7. The number of para-hydroxylation sites is 1. The summed E-state index contributed by atoms with van der Waals surface area (Å²) in [5, 5.41) is 16.0. The maximum Gasteiger partial charge on any atom is 0.159 e. The summed E-state index contributed by atoms with van der Waals surface area (Å²) in [4.78, 5) is 14.9. The number of aromatic nitrogens is 7. The van der Waals surface area contributed by atoms with E-state index in [0.29, 0.717) is 11.5 Å². The number of fused-ring (bicyclic) bond motifs is 2. The first-order chi connectivity index (χ1) is 17.9. The molecule has 186 valence electrons. The Bertz CT molecular complexity index is 1730. The van der Waals surface area contributed by atoms with Crippen LogP contribution < -0.4 is 5.32 Å². The third kappa shape index (κ3) is 4.43. The Morgan fingerprint density at radius 2 is 1.95 bits per heavy atom. The van der Waals surface area contributed by atoms with Gasteiger partial charge in [0.1, 0.15) is 11.5 Å². The van der Waals surface area contributed by atoms with Crippen molar-refractivity contribution in [1.29, 1.82) is 0 Å². The number of imidazole rings is 1. The van der Waals surface area contributed by atoms with E-state index in [1.807, 2.05) is 57.7 Å². The Morgan fingerprint density at radius 3 is 2.76 bits per heavy atom. The van der Waals surface area contributed by atoms with Crippen LogP contribution in [0.3, 0.4) is 0 Å². The van der Waals surface area contributed by atoms with Crippen LogP contribution in [0.15, 0.2) is 61.1 Å². The number of hydrogen-bond donors (Lipinski definition) is 3. The van der Waals surface area contributed by atoms with Crippen molar-refractivity contribution < 1.29 is 4.39 Å². The van der Waals surface area contributed by atoms with Crippen molar-refractivity contribution in [2.45, 2.75) is 0 Å². The average molecular weight is 496 g/mol. The third-order valence-electron chi connectivity index (χ3n) is 6.28. The van der Waals surface area contributed by atoms with E-state index in [1.165, 1.54) is 12.1 Å². The molecule has 2 aromatic carbocycles. The zero-order valence-electron chi connectivity index (χ0n) is 20.7. The summed E-state index contributed by atoms with van der Waals surface area (Å²) in [6.07, 6.45) is 5.47. The van der Waals surface area contributed by atoms with Gasteiger partial charge in [0.2, 0.25) is 0 Å². The van der Waals surface area contributed by atoms with Crippen LogP contribution in [-0.4, -0.2) is 67.0 Å². The molecule has 0 fully saturated rings. The van der Waals surface area contributed by atoms with E-state index in [4.69, 9.17) is 4.98 Å². The second kappa shape index (κ2) is 9.14. The van der Waals surface area contributed by atoms with E-state index in [1.54, 1.807) is 17.1 Å². The summed E-state index contributed by atoms with van der Waals surface area (Å²) in [5.41, 5.74) is 7.14. The topological polar surface area (TPSA) is 103 Å². The molecule has 4 heterocycles. The van der Waals surface area contributed by atoms with Crippen molar-refractivity contribution in [3.63, 3.8) is 0 Å². The van der Waals surface area contributed by atoms with Crippen molar-refractivity contribution in [3.05, 3.63) is 66.9 Å². The maximum atomic E-state index is 14.6. The van der Waals surface area contributed by atoms with Crippen molar-refractivity contribution in [2.24, 2.45) is 7.05 Å². The Morgan fingerprint density at radius 1 is 1.05 bits per heavy atom. The zero-order chi connectivity index (χ0) is 25.5. The highest BCUT2D eigenvalue weighted by molar-refractivity contribution is 5.98. The molecule has 0 saturated carbocycles. The summed E-state index contributed by atoms with van der Waals surface area (Å²) >= 11 is 0. The van der Waals surface area contributed by atoms with Gasteiger partial charge in [0.25, 0.3) is 0 Å². The quantitative estimate of drug-likeness (QED) is 0.297. The molecule has 0 aliphatic heterocycles. The number of nitrogens with one attached hydrogen (secondary N) is 3. The van der Waals surface area contributed by atoms with Gasteiger partial charge in [-0.05, 0) is 50.0 Å². The van der Waals surface area contributed by atoms with E-state index in [-0.39, 0.29) is 5.82 Å². The van der Waals surface area contributed by atoms with Gasteiger partial charge in [0.05, 0.1) is 34.6 Å². The van der Waals surface area contributed by atoms with Crippen molar-refractivity contribution in [1.82, 2.24) is 39.8 Å². The van der Waals surface area contributed by atoms with Gasteiger partial charge in [-0.25, -0.2) is 9.37 Å². The van der Waals surface area contributed by atoms with Gasteiger partial charge in [-0.1, -0.05) is 12.1 Å². The largest absolute Gasteiger partial charge is 0.384 e. The highest BCUT2D eigenvalue weighted by Gasteiger charge is 2.17. The van der Waals surface area contributed by atoms with Gasteiger partial charge in [-0.15, -0.1) is 0 Å². The number of benzene rings is 2. The Kier molecular flexibility index (Phi) is 5.65. The third-order valence-corrected chi connectivity index (χ3v) is 6.28. The first kappa shape index (κ1) is 22.9. The molecule has 4 aromatic heterocycles. The number of nitrogens with zero attached hydrogens (tertiary/aromatic N) is 6. The smallest absolute Gasteiger partial charge is 0.159 e. The average Bonchev–Trinajstić information content (AvgIpc) is 3.60. The molecule has 0 unspecified atom stereocenters. The number of H-pyrrole nitrogens is 2. The summed E-state index contributed by atoms with van der Waals surface area (Å²) in [7, 11) is 5.89. The van der Waals surface area contributed by atoms with E-state index < -0.39 is 0 Å². The lowest BCUT2D eigenvalue weighted by Crippen LogP contribution is -2.20. The van der Waals surface area contributed by atoms with Gasteiger partial charge in [-0.3, -0.25) is 14.8 Å². The van der Waals surface area contributed by atoms with Crippen LogP contribution in [0.5, 0.6) is 0 Å². The second-order valence-electron chi connectivity index (χ2n) is 9.34. The molecule has 3 N–H and O–H groups in total. The van der Waals surface area contributed by atoms with Crippen LogP contribution in [0.4, 0.5) is 10.1 Å². The van der Waals surface area contributed by atoms with Crippen molar-refractivity contribution >= 4 is 27.6 Å². The fourth-order valence-corrected chi connectivity index (χ4v) is 4.46. The summed E-state index contributed by atoms with van der Waals surface area (Å²) in [6.45, 7) is 1.56. The minimum Gasteiger partial charge on any atom is -0.384 e. The van der Waals surface area contributed by atoms with E-state index in [2.05, 4.69) is 35.5 Å². The standard InChI is InChI=1S/C27H26FN9/c1-36(2)8-7-29-19-10-16(9-18(28)11-19)20-5-4-6-22-25(20)33-27(32-22)26-21-12-23(17-13-31-37(3)15-17)30-14-24(21)34-35-26/h4-6,9-15,29H,7-8H2,1-3H3,(H,32,33)(H,34,35). The van der Waals surface area contributed by atoms with Gasteiger partial charge >= 0.3 is 0 Å². The minimum absolute atomic E-state index is 0.300. The summed E-state index contributed by atoms with van der Waals surface area (Å²) in [6, 6.07) is 12.8. The predicted octanol–water partition coefficient (Wildman–Crippen LogP) is 4.68. The van der Waals surface area contributed by atoms with E-state index in [9.17, 15) is 4.39 Å². The number of likely N-dealkylation sites (N-methyl/N-ethyl adjacent to an activating group) is 1. The number of hydrogen-bond acceptors (Lipinski definition) is 6. The van der Waals surface area contributed by atoms with Crippen LogP contribution >= 0.6 is 0 Å². The maximum absolute atomic E-state index is 14.6. The van der Waals surface area contributed by atoms with Gasteiger partial charge < -0.3 is 15.2 Å². The number of rotatable bonds is 7. The molecule has 0 amide bonds. The van der Waals surface area contributed by atoms with Crippen LogP contribution in [0.1, 0.15) is 0 Å². The van der Waals surface area contributed by atoms with E-state index >= 15 is 0 Å². The highest BCUT2D eigenvalue weighted by atomic mass is 19.1. The Balaban J connectivity index is 1.40. The van der Waals surface area contributed by atoms with Crippen LogP contribution in [-0.2, 0) is 7.05 Å². The molecule has 0 spiro atoms. The predicted molar refractivity (Wildman–Crippen MR) is 144 cm³/mol. The fraction of sp³-hybridized carbons (Fsp3) is 0.185. The summed E-state index contributed by atoms with van der Waals surface area (Å²) in [5.74, 6) is 0.323. The van der Waals surface area contributed by atoms with Crippen LogP contribution in [0.25, 0.3) is 55.8 Å². The lowest BCUT2D eigenvalue weighted by Gasteiger charge is -2.13. The highest BCUT2D eigenvalue weighted by Crippen LogP contribution is 2.33. The Hall–Kier alpha value is -4.57. The molecule has 0 aliphatic carbocycles.